The molecule has 5 heteroatoms. The van der Waals surface area contributed by atoms with Gasteiger partial charge in [0, 0.05) is 24.4 Å². The lowest BCUT2D eigenvalue weighted by Gasteiger charge is -2.27. The van der Waals surface area contributed by atoms with Crippen molar-refractivity contribution in [2.75, 3.05) is 6.61 Å². The number of carbonyl (C=O) groups excluding carboxylic acids is 1. The number of amides is 1. The number of fused-ring (bicyclic) bond motifs is 1. The third-order valence-corrected chi connectivity index (χ3v) is 3.93. The SMILES string of the molecule is Cl.NC(CC(=O)NC1CCOc2ccccc21)c1ccccc1. The minimum absolute atomic E-state index is 0. The van der Waals surface area contributed by atoms with Gasteiger partial charge in [0.15, 0.2) is 0 Å². The highest BCUT2D eigenvalue weighted by Crippen LogP contribution is 2.31. The Morgan fingerprint density at radius 3 is 2.65 bits per heavy atom. The molecule has 0 spiro atoms. The van der Waals surface area contributed by atoms with Gasteiger partial charge in [0.2, 0.25) is 5.91 Å². The Morgan fingerprint density at radius 2 is 1.87 bits per heavy atom. The van der Waals surface area contributed by atoms with Crippen molar-refractivity contribution in [3.8, 4) is 5.75 Å². The molecule has 1 aliphatic heterocycles. The third-order valence-electron chi connectivity index (χ3n) is 3.93. The predicted molar refractivity (Wildman–Crippen MR) is 92.7 cm³/mol. The quantitative estimate of drug-likeness (QED) is 0.904. The van der Waals surface area contributed by atoms with E-state index in [1.54, 1.807) is 0 Å². The van der Waals surface area contributed by atoms with Gasteiger partial charge in [-0.3, -0.25) is 4.79 Å². The van der Waals surface area contributed by atoms with Crippen LogP contribution >= 0.6 is 12.4 Å². The molecule has 1 amide bonds. The van der Waals surface area contributed by atoms with Crippen molar-refractivity contribution in [2.24, 2.45) is 5.73 Å². The van der Waals surface area contributed by atoms with Crippen molar-refractivity contribution >= 4 is 18.3 Å². The number of hydrogen-bond acceptors (Lipinski definition) is 3. The molecule has 2 unspecified atom stereocenters. The second-order valence-electron chi connectivity index (χ2n) is 5.52. The molecule has 3 N–H and O–H groups in total. The molecule has 0 radical (unpaired) electrons. The molecule has 0 fully saturated rings. The molecule has 1 aliphatic rings. The fraction of sp³-hybridized carbons (Fsp3) is 0.278. The summed E-state index contributed by atoms with van der Waals surface area (Å²) in [6, 6.07) is 17.2. The Hall–Kier alpha value is -2.04. The van der Waals surface area contributed by atoms with Crippen LogP contribution in [0, 0.1) is 0 Å². The van der Waals surface area contributed by atoms with E-state index in [9.17, 15) is 4.79 Å². The Morgan fingerprint density at radius 1 is 1.17 bits per heavy atom. The summed E-state index contributed by atoms with van der Waals surface area (Å²) in [4.78, 5) is 12.3. The number of carbonyl (C=O) groups is 1. The van der Waals surface area contributed by atoms with E-state index in [-0.39, 0.29) is 36.8 Å². The predicted octanol–water partition coefficient (Wildman–Crippen LogP) is 3.14. The average molecular weight is 333 g/mol. The second-order valence-corrected chi connectivity index (χ2v) is 5.52. The van der Waals surface area contributed by atoms with E-state index < -0.39 is 0 Å². The maximum atomic E-state index is 12.3. The van der Waals surface area contributed by atoms with Crippen molar-refractivity contribution in [1.82, 2.24) is 5.32 Å². The van der Waals surface area contributed by atoms with Crippen LogP contribution in [0.25, 0.3) is 0 Å². The highest BCUT2D eigenvalue weighted by Gasteiger charge is 2.23. The van der Waals surface area contributed by atoms with Gasteiger partial charge in [0.05, 0.1) is 12.6 Å². The van der Waals surface area contributed by atoms with Gasteiger partial charge in [-0.1, -0.05) is 48.5 Å². The molecular weight excluding hydrogens is 312 g/mol. The number of nitrogens with one attached hydrogen (secondary N) is 1. The van der Waals surface area contributed by atoms with Gasteiger partial charge < -0.3 is 15.8 Å². The molecular formula is C18H21ClN2O2. The van der Waals surface area contributed by atoms with Crippen molar-refractivity contribution < 1.29 is 9.53 Å². The minimum atomic E-state index is -0.281. The lowest BCUT2D eigenvalue weighted by atomic mass is 9.99. The van der Waals surface area contributed by atoms with E-state index in [0.29, 0.717) is 6.61 Å². The summed E-state index contributed by atoms with van der Waals surface area (Å²) in [5.74, 6) is 0.824. The maximum Gasteiger partial charge on any atom is 0.222 e. The van der Waals surface area contributed by atoms with E-state index in [1.165, 1.54) is 0 Å². The average Bonchev–Trinajstić information content (AvgIpc) is 2.56. The molecule has 0 aromatic heterocycles. The molecule has 2 atom stereocenters. The number of hydrogen-bond donors (Lipinski definition) is 2. The van der Waals surface area contributed by atoms with Crippen LogP contribution in [0.3, 0.4) is 0 Å². The molecule has 122 valence electrons. The zero-order valence-corrected chi connectivity index (χ0v) is 13.6. The van der Waals surface area contributed by atoms with Crippen LogP contribution < -0.4 is 15.8 Å². The lowest BCUT2D eigenvalue weighted by Crippen LogP contribution is -2.33. The van der Waals surface area contributed by atoms with Crippen LogP contribution in [0.1, 0.15) is 36.1 Å². The van der Waals surface area contributed by atoms with Gasteiger partial charge in [-0.05, 0) is 11.6 Å². The molecule has 1 heterocycles. The Bertz CT molecular complexity index is 648. The number of rotatable bonds is 4. The van der Waals surface area contributed by atoms with Crippen molar-refractivity contribution in [2.45, 2.75) is 24.9 Å². The van der Waals surface area contributed by atoms with Crippen LogP contribution in [0.5, 0.6) is 5.75 Å². The minimum Gasteiger partial charge on any atom is -0.493 e. The Balaban J connectivity index is 0.00000192. The van der Waals surface area contributed by atoms with Crippen LogP contribution in [-0.2, 0) is 4.79 Å². The van der Waals surface area contributed by atoms with Crippen LogP contribution in [0.4, 0.5) is 0 Å². The summed E-state index contributed by atoms with van der Waals surface area (Å²) in [7, 11) is 0. The number of benzene rings is 2. The first-order chi connectivity index (χ1) is 10.7. The van der Waals surface area contributed by atoms with Crippen molar-refractivity contribution in [3.63, 3.8) is 0 Å². The van der Waals surface area contributed by atoms with E-state index in [4.69, 9.17) is 10.5 Å². The summed E-state index contributed by atoms with van der Waals surface area (Å²) in [6.45, 7) is 0.618. The number of halogens is 1. The molecule has 0 aliphatic carbocycles. The highest BCUT2D eigenvalue weighted by molar-refractivity contribution is 5.85. The van der Waals surface area contributed by atoms with Crippen molar-refractivity contribution in [3.05, 3.63) is 65.7 Å². The van der Waals surface area contributed by atoms with Gasteiger partial charge in [0.1, 0.15) is 5.75 Å². The molecule has 3 rings (SSSR count). The summed E-state index contributed by atoms with van der Waals surface area (Å²) in [5.41, 5.74) is 8.12. The van der Waals surface area contributed by atoms with Crippen LogP contribution in [0.15, 0.2) is 54.6 Å². The van der Waals surface area contributed by atoms with E-state index in [2.05, 4.69) is 5.32 Å². The molecule has 0 saturated carbocycles. The zero-order valence-electron chi connectivity index (χ0n) is 12.8. The van der Waals surface area contributed by atoms with E-state index in [1.807, 2.05) is 54.6 Å². The third kappa shape index (κ3) is 4.24. The molecule has 2 aromatic rings. The lowest BCUT2D eigenvalue weighted by molar-refractivity contribution is -0.122. The first kappa shape index (κ1) is 17.3. The first-order valence-electron chi connectivity index (χ1n) is 7.55. The Labute approximate surface area is 142 Å². The fourth-order valence-electron chi connectivity index (χ4n) is 2.76. The number of ether oxygens (including phenoxy) is 1. The van der Waals surface area contributed by atoms with Crippen LogP contribution in [-0.4, -0.2) is 12.5 Å². The summed E-state index contributed by atoms with van der Waals surface area (Å²) in [6.07, 6.45) is 1.06. The summed E-state index contributed by atoms with van der Waals surface area (Å²) in [5, 5.41) is 3.08. The Kier molecular flexibility index (Phi) is 6.02. The molecule has 2 aromatic carbocycles. The number of nitrogens with two attached hydrogens (primary N) is 1. The largest absolute Gasteiger partial charge is 0.493 e. The maximum absolute atomic E-state index is 12.3. The first-order valence-corrected chi connectivity index (χ1v) is 7.55. The van der Waals surface area contributed by atoms with Gasteiger partial charge >= 0.3 is 0 Å². The fourth-order valence-corrected chi connectivity index (χ4v) is 2.76. The van der Waals surface area contributed by atoms with E-state index >= 15 is 0 Å². The topological polar surface area (TPSA) is 64.4 Å². The molecule has 23 heavy (non-hydrogen) atoms. The van der Waals surface area contributed by atoms with Gasteiger partial charge in [-0.15, -0.1) is 12.4 Å². The highest BCUT2D eigenvalue weighted by atomic mass is 35.5. The van der Waals surface area contributed by atoms with Gasteiger partial charge in [0.25, 0.3) is 0 Å². The normalized spacial score (nSPS) is 17.2. The smallest absolute Gasteiger partial charge is 0.222 e. The molecule has 0 saturated heterocycles. The second kappa shape index (κ2) is 7.99. The monoisotopic (exact) mass is 332 g/mol. The zero-order chi connectivity index (χ0) is 15.4. The van der Waals surface area contributed by atoms with Crippen molar-refractivity contribution in [1.29, 1.82) is 0 Å². The summed E-state index contributed by atoms with van der Waals surface area (Å²) >= 11 is 0. The summed E-state index contributed by atoms with van der Waals surface area (Å²) < 4.78 is 5.61. The molecule has 4 nitrogen and oxygen atoms in total. The van der Waals surface area contributed by atoms with Gasteiger partial charge in [-0.2, -0.15) is 0 Å². The standard InChI is InChI=1S/C18H20N2O2.ClH/c19-15(13-6-2-1-3-7-13)12-18(21)20-16-10-11-22-17-9-5-4-8-14(16)17;/h1-9,15-16H,10-12,19H2,(H,20,21);1H. The van der Waals surface area contributed by atoms with E-state index in [0.717, 1.165) is 23.3 Å². The number of para-hydroxylation sites is 1. The molecule has 0 bridgehead atoms. The van der Waals surface area contributed by atoms with Crippen LogP contribution in [0.2, 0.25) is 0 Å². The van der Waals surface area contributed by atoms with Gasteiger partial charge in [-0.25, -0.2) is 0 Å².